The van der Waals surface area contributed by atoms with Crippen molar-refractivity contribution in [3.8, 4) is 0 Å². The SMILES string of the molecule is CCn1nccc1CNc1ccc2c(c1)CCC(=O)N2. The molecule has 0 saturated carbocycles. The average Bonchev–Trinajstić information content (AvgIpc) is 2.92. The summed E-state index contributed by atoms with van der Waals surface area (Å²) in [6.45, 7) is 3.71. The molecule has 0 saturated heterocycles. The van der Waals surface area contributed by atoms with Crippen LogP contribution < -0.4 is 10.6 Å². The van der Waals surface area contributed by atoms with E-state index in [4.69, 9.17) is 0 Å². The van der Waals surface area contributed by atoms with Gasteiger partial charge in [0.05, 0.1) is 12.2 Å². The Morgan fingerprint density at radius 3 is 3.10 bits per heavy atom. The molecule has 3 rings (SSSR count). The van der Waals surface area contributed by atoms with Gasteiger partial charge >= 0.3 is 0 Å². The highest BCUT2D eigenvalue weighted by molar-refractivity contribution is 5.94. The Morgan fingerprint density at radius 1 is 1.35 bits per heavy atom. The Morgan fingerprint density at radius 2 is 2.25 bits per heavy atom. The van der Waals surface area contributed by atoms with Crippen molar-refractivity contribution in [1.82, 2.24) is 9.78 Å². The van der Waals surface area contributed by atoms with Crippen molar-refractivity contribution >= 4 is 17.3 Å². The van der Waals surface area contributed by atoms with Crippen molar-refractivity contribution in [2.45, 2.75) is 32.9 Å². The summed E-state index contributed by atoms with van der Waals surface area (Å²) in [4.78, 5) is 11.3. The number of amides is 1. The molecule has 20 heavy (non-hydrogen) atoms. The van der Waals surface area contributed by atoms with Crippen LogP contribution in [0.4, 0.5) is 11.4 Å². The Hall–Kier alpha value is -2.30. The maximum absolute atomic E-state index is 11.3. The Labute approximate surface area is 118 Å². The third-order valence-corrected chi connectivity index (χ3v) is 3.58. The third-order valence-electron chi connectivity index (χ3n) is 3.58. The van der Waals surface area contributed by atoms with Crippen LogP contribution in [0.25, 0.3) is 0 Å². The van der Waals surface area contributed by atoms with Gasteiger partial charge in [-0.2, -0.15) is 5.10 Å². The van der Waals surface area contributed by atoms with Gasteiger partial charge in [-0.1, -0.05) is 0 Å². The lowest BCUT2D eigenvalue weighted by molar-refractivity contribution is -0.116. The van der Waals surface area contributed by atoms with Gasteiger partial charge in [-0.3, -0.25) is 9.48 Å². The molecule has 1 aromatic carbocycles. The molecule has 0 spiro atoms. The molecular formula is C15H18N4O. The Bertz CT molecular complexity index is 633. The largest absolute Gasteiger partial charge is 0.379 e. The standard InChI is InChI=1S/C15H18N4O/c1-2-19-13(7-8-17-19)10-16-12-4-5-14-11(9-12)3-6-15(20)18-14/h4-5,7-9,16H,2-3,6,10H2,1H3,(H,18,20). The highest BCUT2D eigenvalue weighted by Crippen LogP contribution is 2.25. The molecule has 0 unspecified atom stereocenters. The smallest absolute Gasteiger partial charge is 0.224 e. The molecule has 1 aliphatic rings. The zero-order valence-corrected chi connectivity index (χ0v) is 11.5. The summed E-state index contributed by atoms with van der Waals surface area (Å²) in [5, 5.41) is 10.6. The molecule has 1 aliphatic heterocycles. The van der Waals surface area contributed by atoms with E-state index in [0.29, 0.717) is 6.42 Å². The van der Waals surface area contributed by atoms with Gasteiger partial charge in [-0.15, -0.1) is 0 Å². The maximum Gasteiger partial charge on any atom is 0.224 e. The van der Waals surface area contributed by atoms with Gasteiger partial charge in [0, 0.05) is 30.5 Å². The van der Waals surface area contributed by atoms with Crippen molar-refractivity contribution in [2.24, 2.45) is 0 Å². The number of aryl methyl sites for hydroxylation is 2. The molecule has 2 N–H and O–H groups in total. The first-order valence-corrected chi connectivity index (χ1v) is 6.93. The molecule has 0 radical (unpaired) electrons. The van der Waals surface area contributed by atoms with E-state index in [-0.39, 0.29) is 5.91 Å². The quantitative estimate of drug-likeness (QED) is 0.897. The van der Waals surface area contributed by atoms with Gasteiger partial charge < -0.3 is 10.6 Å². The van der Waals surface area contributed by atoms with Crippen LogP contribution in [0.15, 0.2) is 30.5 Å². The maximum atomic E-state index is 11.3. The molecular weight excluding hydrogens is 252 g/mol. The predicted molar refractivity (Wildman–Crippen MR) is 78.6 cm³/mol. The summed E-state index contributed by atoms with van der Waals surface area (Å²) in [6.07, 6.45) is 3.20. The lowest BCUT2D eigenvalue weighted by atomic mass is 10.0. The fourth-order valence-corrected chi connectivity index (χ4v) is 2.48. The van der Waals surface area contributed by atoms with E-state index in [1.54, 1.807) is 0 Å². The topological polar surface area (TPSA) is 59.0 Å². The molecule has 0 fully saturated rings. The number of anilines is 2. The molecule has 0 bridgehead atoms. The van der Waals surface area contributed by atoms with Crippen molar-refractivity contribution in [3.63, 3.8) is 0 Å². The van der Waals surface area contributed by atoms with Gasteiger partial charge in [0.15, 0.2) is 0 Å². The minimum absolute atomic E-state index is 0.102. The van der Waals surface area contributed by atoms with Crippen molar-refractivity contribution < 1.29 is 4.79 Å². The number of aromatic nitrogens is 2. The summed E-state index contributed by atoms with van der Waals surface area (Å²) in [5.41, 5.74) is 4.37. The number of nitrogens with zero attached hydrogens (tertiary/aromatic N) is 2. The molecule has 2 heterocycles. The summed E-state index contributed by atoms with van der Waals surface area (Å²) < 4.78 is 1.98. The average molecular weight is 270 g/mol. The lowest BCUT2D eigenvalue weighted by Crippen LogP contribution is -2.19. The second-order valence-electron chi connectivity index (χ2n) is 4.91. The minimum Gasteiger partial charge on any atom is -0.379 e. The third kappa shape index (κ3) is 2.52. The van der Waals surface area contributed by atoms with Crippen molar-refractivity contribution in [2.75, 3.05) is 10.6 Å². The predicted octanol–water partition coefficient (Wildman–Crippen LogP) is 2.40. The van der Waals surface area contributed by atoms with Gasteiger partial charge in [0.2, 0.25) is 5.91 Å². The van der Waals surface area contributed by atoms with Crippen molar-refractivity contribution in [3.05, 3.63) is 41.7 Å². The van der Waals surface area contributed by atoms with E-state index in [2.05, 4.69) is 28.7 Å². The molecule has 0 atom stereocenters. The summed E-state index contributed by atoms with van der Waals surface area (Å²) >= 11 is 0. The van der Waals surface area contributed by atoms with Crippen LogP contribution >= 0.6 is 0 Å². The number of nitrogens with one attached hydrogen (secondary N) is 2. The van der Waals surface area contributed by atoms with E-state index in [1.807, 2.05) is 29.1 Å². The molecule has 1 aromatic heterocycles. The van der Waals surface area contributed by atoms with Crippen molar-refractivity contribution in [1.29, 1.82) is 0 Å². The number of fused-ring (bicyclic) bond motifs is 1. The monoisotopic (exact) mass is 270 g/mol. The van der Waals surface area contributed by atoms with Gasteiger partial charge in [0.25, 0.3) is 0 Å². The molecule has 2 aromatic rings. The summed E-state index contributed by atoms with van der Waals surface area (Å²) in [5.74, 6) is 0.102. The summed E-state index contributed by atoms with van der Waals surface area (Å²) in [6, 6.07) is 8.10. The van der Waals surface area contributed by atoms with Crippen LogP contribution in [0.5, 0.6) is 0 Å². The molecule has 0 aliphatic carbocycles. The normalized spacial score (nSPS) is 13.8. The van der Waals surface area contributed by atoms with Crippen LogP contribution in [0.3, 0.4) is 0 Å². The molecule has 5 nitrogen and oxygen atoms in total. The number of hydrogen-bond acceptors (Lipinski definition) is 3. The first-order chi connectivity index (χ1) is 9.76. The second kappa shape index (κ2) is 5.36. The first-order valence-electron chi connectivity index (χ1n) is 6.93. The number of hydrogen-bond donors (Lipinski definition) is 2. The van der Waals surface area contributed by atoms with Crippen LogP contribution in [-0.4, -0.2) is 15.7 Å². The highest BCUT2D eigenvalue weighted by Gasteiger charge is 2.14. The lowest BCUT2D eigenvalue weighted by Gasteiger charge is -2.18. The van der Waals surface area contributed by atoms with Gasteiger partial charge in [-0.25, -0.2) is 0 Å². The van der Waals surface area contributed by atoms with E-state index in [0.717, 1.165) is 30.9 Å². The number of carbonyl (C=O) groups excluding carboxylic acids is 1. The summed E-state index contributed by atoms with van der Waals surface area (Å²) in [7, 11) is 0. The second-order valence-corrected chi connectivity index (χ2v) is 4.91. The fraction of sp³-hybridized carbons (Fsp3) is 0.333. The molecule has 1 amide bonds. The Balaban J connectivity index is 1.71. The zero-order valence-electron chi connectivity index (χ0n) is 11.5. The van der Waals surface area contributed by atoms with Crippen LogP contribution in [0.1, 0.15) is 24.6 Å². The molecule has 104 valence electrons. The van der Waals surface area contributed by atoms with Crippen LogP contribution in [0, 0.1) is 0 Å². The number of rotatable bonds is 4. The highest BCUT2D eigenvalue weighted by atomic mass is 16.1. The zero-order chi connectivity index (χ0) is 13.9. The number of carbonyl (C=O) groups is 1. The Kier molecular flexibility index (Phi) is 3.41. The van der Waals surface area contributed by atoms with E-state index in [9.17, 15) is 4.79 Å². The van der Waals surface area contributed by atoms with Crippen LogP contribution in [0.2, 0.25) is 0 Å². The molecule has 5 heteroatoms. The minimum atomic E-state index is 0.102. The number of benzene rings is 1. The van der Waals surface area contributed by atoms with Gasteiger partial charge in [0.1, 0.15) is 0 Å². The van der Waals surface area contributed by atoms with E-state index >= 15 is 0 Å². The van der Waals surface area contributed by atoms with Crippen LogP contribution in [-0.2, 0) is 24.3 Å². The van der Waals surface area contributed by atoms with E-state index in [1.165, 1.54) is 11.3 Å². The first kappa shape index (κ1) is 12.7. The van der Waals surface area contributed by atoms with E-state index < -0.39 is 0 Å². The fourth-order valence-electron chi connectivity index (χ4n) is 2.48. The van der Waals surface area contributed by atoms with Gasteiger partial charge in [-0.05, 0) is 43.2 Å².